The molecule has 1 N–H and O–H groups in total. The average Bonchev–Trinajstić information content (AvgIpc) is 3.53. The topological polar surface area (TPSA) is 85.4 Å². The number of H-pyrrole nitrogens is 1. The summed E-state index contributed by atoms with van der Waals surface area (Å²) < 4.78 is 0. The molecule has 0 spiro atoms. The number of benzene rings is 1. The van der Waals surface area contributed by atoms with Crippen LogP contribution >= 0.6 is 11.3 Å². The second-order valence-electron chi connectivity index (χ2n) is 9.72. The summed E-state index contributed by atoms with van der Waals surface area (Å²) in [6.07, 6.45) is 7.95. The van der Waals surface area contributed by atoms with Gasteiger partial charge in [-0.25, -0.2) is 9.97 Å². The molecule has 6 rings (SSSR count). The molecule has 1 aliphatic carbocycles. The number of thiazole rings is 1. The summed E-state index contributed by atoms with van der Waals surface area (Å²) >= 11 is 1.39. The standard InChI is InChI=1S/C25H30N6O2S/c32-24(18-6-7-20-21(14-18)28-22(27-20)17-4-2-1-3-5-17)30-11-9-29(10-12-30)19-15-31(16-19)25(33)23-26-8-13-34-23/h6-8,13-14,17,19H,1-5,9-12,15-16H2,(H,27,28). The van der Waals surface area contributed by atoms with Gasteiger partial charge in [0.05, 0.1) is 11.0 Å². The van der Waals surface area contributed by atoms with Gasteiger partial charge in [0.15, 0.2) is 5.01 Å². The van der Waals surface area contributed by atoms with E-state index in [1.807, 2.05) is 33.4 Å². The van der Waals surface area contributed by atoms with Crippen LogP contribution in [-0.4, -0.2) is 86.8 Å². The summed E-state index contributed by atoms with van der Waals surface area (Å²) in [5.74, 6) is 1.72. The number of fused-ring (bicyclic) bond motifs is 1. The lowest BCUT2D eigenvalue weighted by molar-refractivity contribution is 0.00852. The number of piperazine rings is 1. The molecule has 3 aromatic rings. The number of aromatic nitrogens is 3. The molecule has 8 nitrogen and oxygen atoms in total. The van der Waals surface area contributed by atoms with Crippen LogP contribution in [0.2, 0.25) is 0 Å². The number of hydrogen-bond acceptors (Lipinski definition) is 6. The third-order valence-electron chi connectivity index (χ3n) is 7.62. The number of likely N-dealkylation sites (tertiary alicyclic amines) is 1. The maximum absolute atomic E-state index is 13.2. The van der Waals surface area contributed by atoms with E-state index in [4.69, 9.17) is 4.98 Å². The first-order valence-corrected chi connectivity index (χ1v) is 13.3. The van der Waals surface area contributed by atoms with Crippen LogP contribution in [-0.2, 0) is 0 Å². The van der Waals surface area contributed by atoms with Gasteiger partial charge in [0, 0.05) is 68.4 Å². The van der Waals surface area contributed by atoms with Crippen molar-refractivity contribution < 1.29 is 9.59 Å². The Balaban J connectivity index is 1.04. The van der Waals surface area contributed by atoms with Crippen molar-refractivity contribution in [3.8, 4) is 0 Å². The van der Waals surface area contributed by atoms with Crippen LogP contribution in [0.4, 0.5) is 0 Å². The molecule has 0 unspecified atom stereocenters. The number of carbonyl (C=O) groups is 2. The predicted octanol–water partition coefficient (Wildman–Crippen LogP) is 3.35. The highest BCUT2D eigenvalue weighted by atomic mass is 32.1. The minimum atomic E-state index is 0.0286. The Hall–Kier alpha value is -2.78. The van der Waals surface area contributed by atoms with Crippen molar-refractivity contribution >= 4 is 34.2 Å². The van der Waals surface area contributed by atoms with E-state index in [0.29, 0.717) is 30.1 Å². The van der Waals surface area contributed by atoms with Crippen molar-refractivity contribution in [1.82, 2.24) is 29.7 Å². The van der Waals surface area contributed by atoms with Gasteiger partial charge in [0.2, 0.25) is 0 Å². The smallest absolute Gasteiger partial charge is 0.282 e. The predicted molar refractivity (Wildman–Crippen MR) is 131 cm³/mol. The molecule has 34 heavy (non-hydrogen) atoms. The lowest BCUT2D eigenvalue weighted by atomic mass is 9.89. The first-order chi connectivity index (χ1) is 16.7. The Kier molecular flexibility index (Phi) is 5.82. The second-order valence-corrected chi connectivity index (χ2v) is 10.6. The van der Waals surface area contributed by atoms with E-state index in [1.165, 1.54) is 43.4 Å². The van der Waals surface area contributed by atoms with Crippen molar-refractivity contribution in [2.45, 2.75) is 44.1 Å². The molecule has 1 saturated carbocycles. The maximum atomic E-state index is 13.2. The minimum absolute atomic E-state index is 0.0286. The highest BCUT2D eigenvalue weighted by Gasteiger charge is 2.37. The Morgan fingerprint density at radius 3 is 2.50 bits per heavy atom. The molecule has 0 radical (unpaired) electrons. The largest absolute Gasteiger partial charge is 0.342 e. The van der Waals surface area contributed by atoms with Gasteiger partial charge in [-0.1, -0.05) is 19.3 Å². The summed E-state index contributed by atoms with van der Waals surface area (Å²) in [6, 6.07) is 6.23. The van der Waals surface area contributed by atoms with Crippen LogP contribution in [0.5, 0.6) is 0 Å². The van der Waals surface area contributed by atoms with Crippen LogP contribution in [0, 0.1) is 0 Å². The third-order valence-corrected chi connectivity index (χ3v) is 8.38. The monoisotopic (exact) mass is 478 g/mol. The number of imidazole rings is 1. The minimum Gasteiger partial charge on any atom is -0.342 e. The van der Waals surface area contributed by atoms with Crippen LogP contribution in [0.3, 0.4) is 0 Å². The van der Waals surface area contributed by atoms with Crippen molar-refractivity contribution in [3.05, 3.63) is 46.2 Å². The van der Waals surface area contributed by atoms with Gasteiger partial charge in [-0.15, -0.1) is 11.3 Å². The Labute approximate surface area is 203 Å². The number of hydrogen-bond donors (Lipinski definition) is 1. The zero-order valence-electron chi connectivity index (χ0n) is 19.3. The molecular formula is C25H30N6O2S. The van der Waals surface area contributed by atoms with Gasteiger partial charge < -0.3 is 14.8 Å². The lowest BCUT2D eigenvalue weighted by Gasteiger charge is -2.47. The fourth-order valence-corrected chi connectivity index (χ4v) is 6.12. The normalized spacial score (nSPS) is 20.6. The number of rotatable bonds is 4. The Bertz CT molecular complexity index is 1170. The van der Waals surface area contributed by atoms with E-state index in [9.17, 15) is 9.59 Å². The van der Waals surface area contributed by atoms with Gasteiger partial charge in [-0.2, -0.15) is 0 Å². The van der Waals surface area contributed by atoms with Gasteiger partial charge in [-0.3, -0.25) is 14.5 Å². The highest BCUT2D eigenvalue weighted by molar-refractivity contribution is 7.11. The second kappa shape index (κ2) is 9.11. The summed E-state index contributed by atoms with van der Waals surface area (Å²) in [5.41, 5.74) is 2.64. The molecule has 2 amide bonds. The molecule has 2 saturated heterocycles. The molecule has 3 fully saturated rings. The summed E-state index contributed by atoms with van der Waals surface area (Å²) in [6.45, 7) is 4.59. The molecule has 2 aliphatic heterocycles. The number of carbonyl (C=O) groups excluding carboxylic acids is 2. The van der Waals surface area contributed by atoms with Crippen molar-refractivity contribution in [2.75, 3.05) is 39.3 Å². The van der Waals surface area contributed by atoms with Crippen molar-refractivity contribution in [2.24, 2.45) is 0 Å². The number of nitrogens with zero attached hydrogens (tertiary/aromatic N) is 5. The first-order valence-electron chi connectivity index (χ1n) is 12.4. The molecule has 0 atom stereocenters. The van der Waals surface area contributed by atoms with E-state index in [0.717, 1.165) is 48.6 Å². The molecule has 3 aliphatic rings. The molecule has 178 valence electrons. The Morgan fingerprint density at radius 1 is 0.971 bits per heavy atom. The number of nitrogens with one attached hydrogen (secondary N) is 1. The maximum Gasteiger partial charge on any atom is 0.282 e. The number of amides is 2. The van der Waals surface area contributed by atoms with Crippen LogP contribution in [0.15, 0.2) is 29.8 Å². The van der Waals surface area contributed by atoms with Gasteiger partial charge in [0.25, 0.3) is 11.8 Å². The average molecular weight is 479 g/mol. The van der Waals surface area contributed by atoms with Gasteiger partial charge in [0.1, 0.15) is 5.82 Å². The molecule has 2 aromatic heterocycles. The fourth-order valence-electron chi connectivity index (χ4n) is 5.52. The quantitative estimate of drug-likeness (QED) is 0.622. The third kappa shape index (κ3) is 4.11. The molecule has 4 heterocycles. The highest BCUT2D eigenvalue weighted by Crippen LogP contribution is 2.32. The van der Waals surface area contributed by atoms with Crippen LogP contribution in [0.1, 0.15) is 64.0 Å². The van der Waals surface area contributed by atoms with E-state index < -0.39 is 0 Å². The van der Waals surface area contributed by atoms with Crippen LogP contribution in [0.25, 0.3) is 11.0 Å². The van der Waals surface area contributed by atoms with E-state index in [-0.39, 0.29) is 11.8 Å². The Morgan fingerprint density at radius 2 is 1.76 bits per heavy atom. The van der Waals surface area contributed by atoms with Crippen LogP contribution < -0.4 is 0 Å². The zero-order chi connectivity index (χ0) is 23.1. The molecular weight excluding hydrogens is 448 g/mol. The zero-order valence-corrected chi connectivity index (χ0v) is 20.1. The van der Waals surface area contributed by atoms with Crippen molar-refractivity contribution in [3.63, 3.8) is 0 Å². The SMILES string of the molecule is O=C(c1ccc2nc(C3CCCCC3)[nH]c2c1)N1CCN(C2CN(C(=O)c3nccs3)C2)CC1. The molecule has 9 heteroatoms. The van der Waals surface area contributed by atoms with Gasteiger partial charge >= 0.3 is 0 Å². The summed E-state index contributed by atoms with van der Waals surface area (Å²) in [5, 5.41) is 2.40. The van der Waals surface area contributed by atoms with E-state index in [2.05, 4.69) is 14.9 Å². The van der Waals surface area contributed by atoms with E-state index >= 15 is 0 Å². The lowest BCUT2D eigenvalue weighted by Crippen LogP contribution is -2.64. The van der Waals surface area contributed by atoms with E-state index in [1.54, 1.807) is 6.20 Å². The summed E-state index contributed by atoms with van der Waals surface area (Å²) in [4.78, 5) is 44.2. The summed E-state index contributed by atoms with van der Waals surface area (Å²) in [7, 11) is 0. The van der Waals surface area contributed by atoms with Gasteiger partial charge in [-0.05, 0) is 31.0 Å². The fraction of sp³-hybridized carbons (Fsp3) is 0.520. The molecule has 1 aromatic carbocycles. The first kappa shape index (κ1) is 21.7. The van der Waals surface area contributed by atoms with Crippen molar-refractivity contribution in [1.29, 1.82) is 0 Å². The number of aromatic amines is 1. The molecule has 0 bridgehead atoms.